The molecule has 0 atom stereocenters. The first-order valence-corrected chi connectivity index (χ1v) is 9.23. The van der Waals surface area contributed by atoms with Gasteiger partial charge in [0.25, 0.3) is 0 Å². The van der Waals surface area contributed by atoms with Crippen LogP contribution in [0, 0.1) is 13.8 Å². The SMILES string of the molecule is Cc1cc(S(=O)(=O)N(C)C)cc(NC(=O)/C=C/c2ccccc2)c1C. The van der Waals surface area contributed by atoms with Gasteiger partial charge in [0.15, 0.2) is 0 Å². The first kappa shape index (κ1) is 18.9. The molecule has 1 amide bonds. The number of amides is 1. The summed E-state index contributed by atoms with van der Waals surface area (Å²) in [5.41, 5.74) is 3.03. The molecule has 2 rings (SSSR count). The third kappa shape index (κ3) is 4.55. The molecule has 0 saturated carbocycles. The molecule has 5 nitrogen and oxygen atoms in total. The van der Waals surface area contributed by atoms with Gasteiger partial charge in [0.2, 0.25) is 15.9 Å². The van der Waals surface area contributed by atoms with Crippen molar-refractivity contribution in [1.29, 1.82) is 0 Å². The lowest BCUT2D eigenvalue weighted by atomic mass is 10.1. The van der Waals surface area contributed by atoms with Crippen LogP contribution in [0.25, 0.3) is 6.08 Å². The van der Waals surface area contributed by atoms with Crippen LogP contribution in [0.4, 0.5) is 5.69 Å². The molecule has 0 aromatic heterocycles. The Balaban J connectivity index is 2.28. The van der Waals surface area contributed by atoms with E-state index in [0.717, 1.165) is 21.0 Å². The fourth-order valence-corrected chi connectivity index (χ4v) is 3.24. The summed E-state index contributed by atoms with van der Waals surface area (Å²) in [4.78, 5) is 12.3. The van der Waals surface area contributed by atoms with Gasteiger partial charge in [-0.05, 0) is 48.7 Å². The molecule has 0 radical (unpaired) electrons. The number of benzene rings is 2. The molecule has 2 aromatic rings. The summed E-state index contributed by atoms with van der Waals surface area (Å²) in [6.07, 6.45) is 3.13. The predicted octanol–water partition coefficient (Wildman–Crippen LogP) is 3.21. The van der Waals surface area contributed by atoms with Gasteiger partial charge >= 0.3 is 0 Å². The third-order valence-corrected chi connectivity index (χ3v) is 5.70. The number of rotatable bonds is 5. The number of hydrogen-bond acceptors (Lipinski definition) is 3. The lowest BCUT2D eigenvalue weighted by Gasteiger charge is -2.16. The normalized spacial score (nSPS) is 11.9. The number of hydrogen-bond donors (Lipinski definition) is 1. The van der Waals surface area contributed by atoms with Crippen molar-refractivity contribution in [3.63, 3.8) is 0 Å². The van der Waals surface area contributed by atoms with Gasteiger partial charge in [0.05, 0.1) is 4.90 Å². The van der Waals surface area contributed by atoms with Crippen molar-refractivity contribution in [2.45, 2.75) is 18.7 Å². The molecule has 25 heavy (non-hydrogen) atoms. The zero-order valence-electron chi connectivity index (χ0n) is 14.8. The van der Waals surface area contributed by atoms with Gasteiger partial charge in [-0.3, -0.25) is 4.79 Å². The number of carbonyl (C=O) groups is 1. The molecule has 0 aliphatic heterocycles. The predicted molar refractivity (Wildman–Crippen MR) is 101 cm³/mol. The van der Waals surface area contributed by atoms with Crippen molar-refractivity contribution in [2.75, 3.05) is 19.4 Å². The monoisotopic (exact) mass is 358 g/mol. The highest BCUT2D eigenvalue weighted by atomic mass is 32.2. The largest absolute Gasteiger partial charge is 0.322 e. The van der Waals surface area contributed by atoms with E-state index in [1.807, 2.05) is 44.2 Å². The number of aryl methyl sites for hydroxylation is 1. The van der Waals surface area contributed by atoms with E-state index in [-0.39, 0.29) is 10.8 Å². The van der Waals surface area contributed by atoms with E-state index in [1.165, 1.54) is 26.2 Å². The zero-order valence-corrected chi connectivity index (χ0v) is 15.6. The Kier molecular flexibility index (Phi) is 5.77. The van der Waals surface area contributed by atoms with Crippen molar-refractivity contribution < 1.29 is 13.2 Å². The number of carbonyl (C=O) groups excluding carboxylic acids is 1. The van der Waals surface area contributed by atoms with Crippen LogP contribution in [0.1, 0.15) is 16.7 Å². The van der Waals surface area contributed by atoms with E-state index in [9.17, 15) is 13.2 Å². The zero-order chi connectivity index (χ0) is 18.6. The van der Waals surface area contributed by atoms with Crippen LogP contribution in [0.15, 0.2) is 53.4 Å². The van der Waals surface area contributed by atoms with Gasteiger partial charge in [-0.25, -0.2) is 12.7 Å². The van der Waals surface area contributed by atoms with Crippen LogP contribution in [-0.2, 0) is 14.8 Å². The topological polar surface area (TPSA) is 66.5 Å². The minimum atomic E-state index is -3.57. The van der Waals surface area contributed by atoms with E-state index < -0.39 is 10.0 Å². The number of sulfonamides is 1. The van der Waals surface area contributed by atoms with E-state index in [2.05, 4.69) is 5.32 Å². The summed E-state index contributed by atoms with van der Waals surface area (Å²) in [6.45, 7) is 3.66. The summed E-state index contributed by atoms with van der Waals surface area (Å²) >= 11 is 0. The summed E-state index contributed by atoms with van der Waals surface area (Å²) in [7, 11) is -0.611. The fourth-order valence-electron chi connectivity index (χ4n) is 2.23. The minimum Gasteiger partial charge on any atom is -0.322 e. The molecule has 0 bridgehead atoms. The van der Waals surface area contributed by atoms with Crippen molar-refractivity contribution in [1.82, 2.24) is 4.31 Å². The van der Waals surface area contributed by atoms with E-state index >= 15 is 0 Å². The van der Waals surface area contributed by atoms with Crippen molar-refractivity contribution in [3.8, 4) is 0 Å². The van der Waals surface area contributed by atoms with Crippen LogP contribution in [0.3, 0.4) is 0 Å². The maximum atomic E-state index is 12.3. The lowest BCUT2D eigenvalue weighted by molar-refractivity contribution is -0.111. The highest BCUT2D eigenvalue weighted by molar-refractivity contribution is 7.89. The first-order valence-electron chi connectivity index (χ1n) is 7.79. The van der Waals surface area contributed by atoms with Crippen LogP contribution < -0.4 is 5.32 Å². The standard InChI is InChI=1S/C19H22N2O3S/c1-14-12-17(25(23,24)21(3)4)13-18(15(14)2)20-19(22)11-10-16-8-6-5-7-9-16/h5-13H,1-4H3,(H,20,22)/b11-10+. The Labute approximate surface area is 149 Å². The molecule has 132 valence electrons. The minimum absolute atomic E-state index is 0.155. The Morgan fingerprint density at radius 1 is 1.08 bits per heavy atom. The molecule has 0 fully saturated rings. The third-order valence-electron chi connectivity index (χ3n) is 3.90. The quantitative estimate of drug-likeness (QED) is 0.835. The lowest BCUT2D eigenvalue weighted by Crippen LogP contribution is -2.22. The molecule has 0 heterocycles. The van der Waals surface area contributed by atoms with Crippen molar-refractivity contribution in [3.05, 3.63) is 65.2 Å². The second-order valence-corrected chi connectivity index (χ2v) is 8.09. The maximum absolute atomic E-state index is 12.3. The highest BCUT2D eigenvalue weighted by Crippen LogP contribution is 2.25. The fraction of sp³-hybridized carbons (Fsp3) is 0.211. The molecule has 2 aromatic carbocycles. The van der Waals surface area contributed by atoms with E-state index in [1.54, 1.807) is 12.1 Å². The molecular weight excluding hydrogens is 336 g/mol. The molecule has 1 N–H and O–H groups in total. The van der Waals surface area contributed by atoms with Crippen molar-refractivity contribution >= 4 is 27.7 Å². The Morgan fingerprint density at radius 2 is 1.72 bits per heavy atom. The van der Waals surface area contributed by atoms with E-state index in [0.29, 0.717) is 5.69 Å². The molecular formula is C19H22N2O3S. The van der Waals surface area contributed by atoms with Crippen molar-refractivity contribution in [2.24, 2.45) is 0 Å². The highest BCUT2D eigenvalue weighted by Gasteiger charge is 2.19. The summed E-state index contributed by atoms with van der Waals surface area (Å²) in [5.74, 6) is -0.314. The average Bonchev–Trinajstić information content (AvgIpc) is 2.57. The average molecular weight is 358 g/mol. The Bertz CT molecular complexity index is 902. The second-order valence-electron chi connectivity index (χ2n) is 5.93. The van der Waals surface area contributed by atoms with Gasteiger partial charge in [-0.2, -0.15) is 0 Å². The molecule has 0 aliphatic carbocycles. The van der Waals surface area contributed by atoms with Crippen LogP contribution in [-0.4, -0.2) is 32.7 Å². The molecule has 0 unspecified atom stereocenters. The maximum Gasteiger partial charge on any atom is 0.248 e. The Morgan fingerprint density at radius 3 is 2.32 bits per heavy atom. The smallest absolute Gasteiger partial charge is 0.248 e. The van der Waals surface area contributed by atoms with Gasteiger partial charge in [-0.15, -0.1) is 0 Å². The first-order chi connectivity index (χ1) is 11.7. The molecule has 0 spiro atoms. The molecule has 0 aliphatic rings. The second kappa shape index (κ2) is 7.63. The number of nitrogens with one attached hydrogen (secondary N) is 1. The van der Waals surface area contributed by atoms with Crippen LogP contribution in [0.2, 0.25) is 0 Å². The number of nitrogens with zero attached hydrogens (tertiary/aromatic N) is 1. The van der Waals surface area contributed by atoms with Crippen LogP contribution >= 0.6 is 0 Å². The molecule has 6 heteroatoms. The summed E-state index contributed by atoms with van der Waals surface area (Å²) in [6, 6.07) is 12.6. The summed E-state index contributed by atoms with van der Waals surface area (Å²) in [5, 5.41) is 2.76. The number of anilines is 1. The van der Waals surface area contributed by atoms with Gasteiger partial charge in [0.1, 0.15) is 0 Å². The van der Waals surface area contributed by atoms with Crippen LogP contribution in [0.5, 0.6) is 0 Å². The van der Waals surface area contributed by atoms with Gasteiger partial charge in [0, 0.05) is 25.9 Å². The molecule has 0 saturated heterocycles. The van der Waals surface area contributed by atoms with Gasteiger partial charge in [-0.1, -0.05) is 30.3 Å². The Hall–Kier alpha value is -2.44. The van der Waals surface area contributed by atoms with Gasteiger partial charge < -0.3 is 5.32 Å². The summed E-state index contributed by atoms with van der Waals surface area (Å²) < 4.78 is 25.8. The van der Waals surface area contributed by atoms with E-state index in [4.69, 9.17) is 0 Å².